The lowest BCUT2D eigenvalue weighted by atomic mass is 10.2. The fourth-order valence-corrected chi connectivity index (χ4v) is 0.785. The van der Waals surface area contributed by atoms with E-state index in [1.54, 1.807) is 0 Å². The van der Waals surface area contributed by atoms with Crippen molar-refractivity contribution in [1.29, 1.82) is 0 Å². The van der Waals surface area contributed by atoms with Crippen LogP contribution in [0.5, 0.6) is 0 Å². The second kappa shape index (κ2) is 2.28. The topological polar surface area (TPSA) is 15.8 Å². The van der Waals surface area contributed by atoms with E-state index in [1.165, 1.54) is 0 Å². The second-order valence-corrected chi connectivity index (χ2v) is 2.42. The molecule has 48 valence electrons. The van der Waals surface area contributed by atoms with Gasteiger partial charge in [0.1, 0.15) is 5.15 Å². The van der Waals surface area contributed by atoms with Gasteiger partial charge in [-0.2, -0.15) is 0 Å². The summed E-state index contributed by atoms with van der Waals surface area (Å²) in [6, 6.07) is 1.85. The average molecular weight is 142 g/mol. The number of hydrogen-bond acceptors (Lipinski definition) is 0. The number of halogens is 1. The molecule has 1 aromatic rings. The van der Waals surface area contributed by atoms with Crippen molar-refractivity contribution >= 4 is 17.2 Å². The summed E-state index contributed by atoms with van der Waals surface area (Å²) in [7, 11) is 0. The van der Waals surface area contributed by atoms with Gasteiger partial charge in [0.25, 0.3) is 0 Å². The van der Waals surface area contributed by atoms with Gasteiger partial charge in [-0.25, -0.2) is 0 Å². The molecule has 0 saturated carbocycles. The van der Waals surface area contributed by atoms with Crippen molar-refractivity contribution in [2.45, 2.75) is 6.92 Å². The Morgan fingerprint density at radius 1 is 1.78 bits per heavy atom. The highest BCUT2D eigenvalue weighted by atomic mass is 35.5. The van der Waals surface area contributed by atoms with E-state index < -0.39 is 0 Å². The quantitative estimate of drug-likeness (QED) is 0.619. The summed E-state index contributed by atoms with van der Waals surface area (Å²) in [6.45, 7) is 5.70. The number of aromatic nitrogens is 1. The van der Waals surface area contributed by atoms with Gasteiger partial charge < -0.3 is 4.98 Å². The molecule has 0 fully saturated rings. The SMILES string of the molecule is C=C(C)c1c[nH]c(Cl)c1. The fraction of sp³-hybridized carbons (Fsp3) is 0.143. The van der Waals surface area contributed by atoms with E-state index >= 15 is 0 Å². The molecule has 1 heterocycles. The molecule has 1 aromatic heterocycles. The van der Waals surface area contributed by atoms with Crippen molar-refractivity contribution in [3.63, 3.8) is 0 Å². The van der Waals surface area contributed by atoms with Gasteiger partial charge in [-0.3, -0.25) is 0 Å². The van der Waals surface area contributed by atoms with Gasteiger partial charge in [-0.15, -0.1) is 0 Å². The number of H-pyrrole nitrogens is 1. The van der Waals surface area contributed by atoms with Crippen LogP contribution in [0, 0.1) is 0 Å². The van der Waals surface area contributed by atoms with Crippen LogP contribution in [0.4, 0.5) is 0 Å². The molecule has 0 aliphatic heterocycles. The Morgan fingerprint density at radius 2 is 2.44 bits per heavy atom. The summed E-state index contributed by atoms with van der Waals surface area (Å²) in [5.41, 5.74) is 2.10. The minimum absolute atomic E-state index is 0.660. The molecule has 9 heavy (non-hydrogen) atoms. The van der Waals surface area contributed by atoms with Crippen LogP contribution in [0.15, 0.2) is 18.8 Å². The molecular weight excluding hydrogens is 134 g/mol. The summed E-state index contributed by atoms with van der Waals surface area (Å²) < 4.78 is 0. The van der Waals surface area contributed by atoms with Crippen LogP contribution in [0.1, 0.15) is 12.5 Å². The van der Waals surface area contributed by atoms with E-state index in [4.69, 9.17) is 11.6 Å². The van der Waals surface area contributed by atoms with Crippen molar-refractivity contribution in [3.8, 4) is 0 Å². The zero-order valence-corrected chi connectivity index (χ0v) is 6.00. The lowest BCUT2D eigenvalue weighted by Gasteiger charge is -1.87. The first-order valence-corrected chi connectivity index (χ1v) is 3.08. The highest BCUT2D eigenvalue weighted by Crippen LogP contribution is 2.15. The predicted molar refractivity (Wildman–Crippen MR) is 40.5 cm³/mol. The van der Waals surface area contributed by atoms with Crippen molar-refractivity contribution in [1.82, 2.24) is 4.98 Å². The second-order valence-electron chi connectivity index (χ2n) is 2.02. The van der Waals surface area contributed by atoms with Crippen LogP contribution in [0.25, 0.3) is 5.57 Å². The molecule has 0 bridgehead atoms. The number of rotatable bonds is 1. The Labute approximate surface area is 59.3 Å². The Kier molecular flexibility index (Phi) is 1.63. The Hall–Kier alpha value is -0.690. The van der Waals surface area contributed by atoms with Gasteiger partial charge >= 0.3 is 0 Å². The van der Waals surface area contributed by atoms with Gasteiger partial charge in [0, 0.05) is 6.20 Å². The van der Waals surface area contributed by atoms with E-state index in [9.17, 15) is 0 Å². The number of aromatic amines is 1. The Bertz CT molecular complexity index is 225. The maximum absolute atomic E-state index is 5.61. The number of allylic oxidation sites excluding steroid dienone is 1. The summed E-state index contributed by atoms with van der Waals surface area (Å²) in [5.74, 6) is 0. The molecule has 0 aliphatic rings. The third-order valence-corrected chi connectivity index (χ3v) is 1.36. The van der Waals surface area contributed by atoms with Gasteiger partial charge in [0.2, 0.25) is 0 Å². The number of hydrogen-bond donors (Lipinski definition) is 1. The standard InChI is InChI=1S/C7H8ClN/c1-5(2)6-3-7(8)9-4-6/h3-4,9H,1H2,2H3. The zero-order valence-electron chi connectivity index (χ0n) is 5.24. The largest absolute Gasteiger partial charge is 0.352 e. The molecule has 0 saturated heterocycles. The molecule has 0 amide bonds. The van der Waals surface area contributed by atoms with E-state index in [1.807, 2.05) is 19.2 Å². The van der Waals surface area contributed by atoms with E-state index in [0.29, 0.717) is 5.15 Å². The molecule has 1 nitrogen and oxygen atoms in total. The Morgan fingerprint density at radius 3 is 2.67 bits per heavy atom. The van der Waals surface area contributed by atoms with Crippen molar-refractivity contribution < 1.29 is 0 Å². The highest BCUT2D eigenvalue weighted by molar-refractivity contribution is 6.29. The predicted octanol–water partition coefficient (Wildman–Crippen LogP) is 2.70. The summed E-state index contributed by atoms with van der Waals surface area (Å²) in [6.07, 6.45) is 1.84. The summed E-state index contributed by atoms with van der Waals surface area (Å²) >= 11 is 5.61. The summed E-state index contributed by atoms with van der Waals surface area (Å²) in [4.78, 5) is 2.85. The normalized spacial score (nSPS) is 9.56. The first kappa shape index (κ1) is 6.43. The highest BCUT2D eigenvalue weighted by Gasteiger charge is 1.94. The molecule has 1 N–H and O–H groups in total. The molecular formula is C7H8ClN. The minimum atomic E-state index is 0.660. The first-order chi connectivity index (χ1) is 4.20. The van der Waals surface area contributed by atoms with Crippen molar-refractivity contribution in [2.75, 3.05) is 0 Å². The monoisotopic (exact) mass is 141 g/mol. The van der Waals surface area contributed by atoms with E-state index in [0.717, 1.165) is 11.1 Å². The average Bonchev–Trinajstić information content (AvgIpc) is 2.14. The molecule has 0 aromatic carbocycles. The molecule has 0 radical (unpaired) electrons. The van der Waals surface area contributed by atoms with Crippen LogP contribution in [-0.4, -0.2) is 4.98 Å². The molecule has 0 atom stereocenters. The number of nitrogens with one attached hydrogen (secondary N) is 1. The maximum atomic E-state index is 5.61. The van der Waals surface area contributed by atoms with Gasteiger partial charge in [0.15, 0.2) is 0 Å². The van der Waals surface area contributed by atoms with Crippen LogP contribution < -0.4 is 0 Å². The molecule has 1 rings (SSSR count). The van der Waals surface area contributed by atoms with Gasteiger partial charge in [-0.1, -0.05) is 18.2 Å². The van der Waals surface area contributed by atoms with Crippen LogP contribution >= 0.6 is 11.6 Å². The molecule has 0 spiro atoms. The van der Waals surface area contributed by atoms with Crippen LogP contribution in [0.3, 0.4) is 0 Å². The van der Waals surface area contributed by atoms with Gasteiger partial charge in [-0.05, 0) is 24.1 Å². The maximum Gasteiger partial charge on any atom is 0.106 e. The van der Waals surface area contributed by atoms with Gasteiger partial charge in [0.05, 0.1) is 0 Å². The fourth-order valence-electron chi connectivity index (χ4n) is 0.613. The molecule has 0 unspecified atom stereocenters. The molecule has 0 aliphatic carbocycles. The van der Waals surface area contributed by atoms with Crippen LogP contribution in [-0.2, 0) is 0 Å². The summed E-state index contributed by atoms with van der Waals surface area (Å²) in [5, 5.41) is 0.660. The smallest absolute Gasteiger partial charge is 0.106 e. The third-order valence-electron chi connectivity index (χ3n) is 1.14. The first-order valence-electron chi connectivity index (χ1n) is 2.70. The lowest BCUT2D eigenvalue weighted by molar-refractivity contribution is 1.41. The zero-order chi connectivity index (χ0) is 6.85. The van der Waals surface area contributed by atoms with Crippen molar-refractivity contribution in [3.05, 3.63) is 29.6 Å². The lowest BCUT2D eigenvalue weighted by Crippen LogP contribution is -1.66. The van der Waals surface area contributed by atoms with E-state index in [2.05, 4.69) is 11.6 Å². The van der Waals surface area contributed by atoms with Crippen molar-refractivity contribution in [2.24, 2.45) is 0 Å². The third kappa shape index (κ3) is 1.36. The molecule has 2 heteroatoms. The van der Waals surface area contributed by atoms with E-state index in [-0.39, 0.29) is 0 Å². The van der Waals surface area contributed by atoms with Crippen LogP contribution in [0.2, 0.25) is 5.15 Å². The Balaban J connectivity index is 2.98. The minimum Gasteiger partial charge on any atom is -0.352 e.